The molecule has 0 amide bonds. The predicted molar refractivity (Wildman–Crippen MR) is 57.5 cm³/mol. The summed E-state index contributed by atoms with van der Waals surface area (Å²) < 4.78 is 9.48. The van der Waals surface area contributed by atoms with E-state index in [2.05, 4.69) is 14.9 Å². The Balaban J connectivity index is 2.58. The highest BCUT2D eigenvalue weighted by Crippen LogP contribution is 2.19. The molecule has 1 unspecified atom stereocenters. The molecule has 0 aliphatic heterocycles. The number of hydrogen-bond acceptors (Lipinski definition) is 5. The van der Waals surface area contributed by atoms with E-state index in [1.165, 1.54) is 11.5 Å². The van der Waals surface area contributed by atoms with Crippen LogP contribution in [0.15, 0.2) is 0 Å². The number of nitrogens with one attached hydrogen (secondary N) is 1. The van der Waals surface area contributed by atoms with Gasteiger partial charge in [0.15, 0.2) is 0 Å². The van der Waals surface area contributed by atoms with Crippen LogP contribution < -0.4 is 5.32 Å². The number of hydrogen-bond donors (Lipinski definition) is 1. The first-order valence-corrected chi connectivity index (χ1v) is 5.50. The predicted octanol–water partition coefficient (Wildman–Crippen LogP) is 1.53. The third-order valence-corrected chi connectivity index (χ3v) is 2.89. The second-order valence-electron chi connectivity index (χ2n) is 3.45. The molecule has 0 aliphatic rings. The Hall–Kier alpha value is -0.520. The molecular weight excluding hydrogens is 198 g/mol. The SMILES string of the molecule is CNC(COC(C)C)c1snnc1C. The number of ether oxygens (including phenoxy) is 1. The first-order chi connectivity index (χ1) is 6.65. The van der Waals surface area contributed by atoms with Crippen molar-refractivity contribution >= 4 is 11.5 Å². The van der Waals surface area contributed by atoms with Gasteiger partial charge in [0.05, 0.1) is 29.3 Å². The van der Waals surface area contributed by atoms with Gasteiger partial charge in [-0.15, -0.1) is 5.10 Å². The van der Waals surface area contributed by atoms with Gasteiger partial charge in [-0.3, -0.25) is 0 Å². The lowest BCUT2D eigenvalue weighted by Crippen LogP contribution is -2.23. The standard InChI is InChI=1S/C9H17N3OS/c1-6(2)13-5-8(10-4)9-7(3)11-12-14-9/h6,8,10H,5H2,1-4H3. The lowest BCUT2D eigenvalue weighted by molar-refractivity contribution is 0.0631. The summed E-state index contributed by atoms with van der Waals surface area (Å²) in [6, 6.07) is 0.206. The third-order valence-electron chi connectivity index (χ3n) is 1.95. The third kappa shape index (κ3) is 3.01. The Morgan fingerprint density at radius 1 is 1.50 bits per heavy atom. The van der Waals surface area contributed by atoms with Gasteiger partial charge in [0, 0.05) is 0 Å². The van der Waals surface area contributed by atoms with Gasteiger partial charge in [0.2, 0.25) is 0 Å². The van der Waals surface area contributed by atoms with Crippen LogP contribution >= 0.6 is 11.5 Å². The Bertz CT molecular complexity index is 275. The zero-order chi connectivity index (χ0) is 10.6. The molecule has 14 heavy (non-hydrogen) atoms. The van der Waals surface area contributed by atoms with Crippen LogP contribution in [-0.4, -0.2) is 29.3 Å². The molecule has 4 nitrogen and oxygen atoms in total. The lowest BCUT2D eigenvalue weighted by atomic mass is 10.2. The molecule has 1 aromatic heterocycles. The minimum atomic E-state index is 0.206. The Morgan fingerprint density at radius 3 is 2.64 bits per heavy atom. The first-order valence-electron chi connectivity index (χ1n) is 4.72. The van der Waals surface area contributed by atoms with Crippen molar-refractivity contribution in [1.29, 1.82) is 0 Å². The van der Waals surface area contributed by atoms with Crippen LogP contribution in [0.5, 0.6) is 0 Å². The largest absolute Gasteiger partial charge is 0.377 e. The summed E-state index contributed by atoms with van der Waals surface area (Å²) >= 11 is 1.43. The zero-order valence-corrected chi connectivity index (χ0v) is 9.89. The minimum absolute atomic E-state index is 0.206. The summed E-state index contributed by atoms with van der Waals surface area (Å²) in [5, 5.41) is 7.19. The average molecular weight is 215 g/mol. The van der Waals surface area contributed by atoms with Crippen molar-refractivity contribution in [1.82, 2.24) is 14.9 Å². The maximum atomic E-state index is 5.56. The van der Waals surface area contributed by atoms with Crippen LogP contribution in [0.1, 0.15) is 30.5 Å². The molecule has 1 heterocycles. The van der Waals surface area contributed by atoms with Crippen molar-refractivity contribution in [3.05, 3.63) is 10.6 Å². The fourth-order valence-corrected chi connectivity index (χ4v) is 1.87. The van der Waals surface area contributed by atoms with Crippen LogP contribution in [0.2, 0.25) is 0 Å². The summed E-state index contributed by atoms with van der Waals surface area (Å²) in [6.07, 6.45) is 0.257. The highest BCUT2D eigenvalue weighted by Gasteiger charge is 2.15. The van der Waals surface area contributed by atoms with E-state index in [9.17, 15) is 0 Å². The molecule has 0 saturated carbocycles. The number of aromatic nitrogens is 2. The van der Waals surface area contributed by atoms with E-state index >= 15 is 0 Å². The number of likely N-dealkylation sites (N-methyl/N-ethyl adjacent to an activating group) is 1. The Morgan fingerprint density at radius 2 is 2.21 bits per heavy atom. The van der Waals surface area contributed by atoms with Gasteiger partial charge >= 0.3 is 0 Å². The van der Waals surface area contributed by atoms with E-state index in [0.717, 1.165) is 10.6 Å². The molecule has 0 saturated heterocycles. The highest BCUT2D eigenvalue weighted by atomic mass is 32.1. The van der Waals surface area contributed by atoms with E-state index < -0.39 is 0 Å². The molecule has 0 radical (unpaired) electrons. The van der Waals surface area contributed by atoms with Gasteiger partial charge < -0.3 is 10.1 Å². The quantitative estimate of drug-likeness (QED) is 0.809. The first kappa shape index (κ1) is 11.6. The molecule has 0 fully saturated rings. The van der Waals surface area contributed by atoms with E-state index in [0.29, 0.717) is 6.61 Å². The normalized spacial score (nSPS) is 13.5. The van der Waals surface area contributed by atoms with E-state index in [4.69, 9.17) is 4.74 Å². The molecule has 0 spiro atoms. The fraction of sp³-hybridized carbons (Fsp3) is 0.778. The summed E-state index contributed by atoms with van der Waals surface area (Å²) in [5.41, 5.74) is 0.988. The average Bonchev–Trinajstić information content (AvgIpc) is 2.53. The summed E-state index contributed by atoms with van der Waals surface area (Å²) in [7, 11) is 1.92. The van der Waals surface area contributed by atoms with E-state index in [1.807, 2.05) is 27.8 Å². The second-order valence-corrected chi connectivity index (χ2v) is 4.23. The van der Waals surface area contributed by atoms with Gasteiger partial charge in [0.1, 0.15) is 0 Å². The van der Waals surface area contributed by atoms with Gasteiger partial charge in [-0.25, -0.2) is 0 Å². The summed E-state index contributed by atoms with van der Waals surface area (Å²) in [5.74, 6) is 0. The molecule has 80 valence electrons. The minimum Gasteiger partial charge on any atom is -0.377 e. The molecule has 0 aromatic carbocycles. The van der Waals surface area contributed by atoms with Gasteiger partial charge in [-0.05, 0) is 39.4 Å². The number of rotatable bonds is 5. The molecular formula is C9H17N3OS. The van der Waals surface area contributed by atoms with Crippen molar-refractivity contribution in [2.45, 2.75) is 32.9 Å². The molecule has 0 aliphatic carbocycles. The van der Waals surface area contributed by atoms with Crippen LogP contribution in [-0.2, 0) is 4.74 Å². The van der Waals surface area contributed by atoms with Crippen LogP contribution in [0, 0.1) is 6.92 Å². The monoisotopic (exact) mass is 215 g/mol. The van der Waals surface area contributed by atoms with Gasteiger partial charge in [-0.2, -0.15) is 0 Å². The lowest BCUT2D eigenvalue weighted by Gasteiger charge is -2.16. The van der Waals surface area contributed by atoms with E-state index in [1.54, 1.807) is 0 Å². The smallest absolute Gasteiger partial charge is 0.0773 e. The molecule has 5 heteroatoms. The van der Waals surface area contributed by atoms with Gasteiger partial charge in [-0.1, -0.05) is 4.49 Å². The van der Waals surface area contributed by atoms with Crippen molar-refractivity contribution in [2.75, 3.05) is 13.7 Å². The van der Waals surface area contributed by atoms with Gasteiger partial charge in [0.25, 0.3) is 0 Å². The highest BCUT2D eigenvalue weighted by molar-refractivity contribution is 7.05. The number of aryl methyl sites for hydroxylation is 1. The van der Waals surface area contributed by atoms with Crippen molar-refractivity contribution in [3.8, 4) is 0 Å². The van der Waals surface area contributed by atoms with Crippen LogP contribution in [0.4, 0.5) is 0 Å². The van der Waals surface area contributed by atoms with Crippen LogP contribution in [0.3, 0.4) is 0 Å². The summed E-state index contributed by atoms with van der Waals surface area (Å²) in [6.45, 7) is 6.70. The van der Waals surface area contributed by atoms with Crippen molar-refractivity contribution in [2.24, 2.45) is 0 Å². The molecule has 1 rings (SSSR count). The maximum absolute atomic E-state index is 5.56. The maximum Gasteiger partial charge on any atom is 0.0773 e. The Labute approximate surface area is 88.8 Å². The number of nitrogens with zero attached hydrogens (tertiary/aromatic N) is 2. The fourth-order valence-electron chi connectivity index (χ4n) is 1.14. The molecule has 1 aromatic rings. The molecule has 1 atom stereocenters. The molecule has 1 N–H and O–H groups in total. The van der Waals surface area contributed by atoms with Crippen LogP contribution in [0.25, 0.3) is 0 Å². The van der Waals surface area contributed by atoms with Crippen molar-refractivity contribution in [3.63, 3.8) is 0 Å². The van der Waals surface area contributed by atoms with Crippen molar-refractivity contribution < 1.29 is 4.74 Å². The zero-order valence-electron chi connectivity index (χ0n) is 9.07. The second kappa shape index (κ2) is 5.38. The van der Waals surface area contributed by atoms with E-state index in [-0.39, 0.29) is 12.1 Å². The molecule has 0 bridgehead atoms. The summed E-state index contributed by atoms with van der Waals surface area (Å²) in [4.78, 5) is 1.16. The Kier molecular flexibility index (Phi) is 4.44. The topological polar surface area (TPSA) is 47.0 Å².